The van der Waals surface area contributed by atoms with E-state index in [1.807, 2.05) is 0 Å². The normalized spacial score (nSPS) is 25.6. The molecule has 0 N–H and O–H groups in total. The molecule has 0 unspecified atom stereocenters. The number of ether oxygens (including phenoxy) is 1. The smallest absolute Gasteiger partial charge is 0.226 e. The monoisotopic (exact) mass is 331 g/mol. The van der Waals surface area contributed by atoms with E-state index in [0.29, 0.717) is 18.0 Å². The van der Waals surface area contributed by atoms with Gasteiger partial charge in [0.15, 0.2) is 0 Å². The van der Waals surface area contributed by atoms with Gasteiger partial charge in [-0.25, -0.2) is 9.37 Å². The zero-order valence-electron chi connectivity index (χ0n) is 13.8. The number of hydrogen-bond acceptors (Lipinski definition) is 5. The molecule has 4 rings (SSSR count). The quantitative estimate of drug-likeness (QED) is 0.864. The molecule has 2 fully saturated rings. The number of rotatable bonds is 3. The van der Waals surface area contributed by atoms with Crippen LogP contribution in [0.15, 0.2) is 34.9 Å². The van der Waals surface area contributed by atoms with Gasteiger partial charge >= 0.3 is 0 Å². The molecule has 2 aliphatic rings. The van der Waals surface area contributed by atoms with Crippen LogP contribution in [-0.2, 0) is 11.3 Å². The minimum atomic E-state index is -0.258. The first-order valence-electron chi connectivity index (χ1n) is 8.43. The summed E-state index contributed by atoms with van der Waals surface area (Å²) in [6.45, 7) is 4.55. The Morgan fingerprint density at radius 1 is 1.25 bits per heavy atom. The molecule has 0 saturated carbocycles. The SMILES string of the molecule is CN1CC[C@@H]2OCCN(Cc3coc(-c4ccc(F)cc4)n3)[C@@H]2C1. The predicted molar refractivity (Wildman–Crippen MR) is 87.9 cm³/mol. The number of benzene rings is 1. The molecule has 0 bridgehead atoms. The Bertz CT molecular complexity index is 688. The molecule has 2 atom stereocenters. The maximum absolute atomic E-state index is 13.0. The van der Waals surface area contributed by atoms with Gasteiger partial charge in [0.1, 0.15) is 12.1 Å². The summed E-state index contributed by atoms with van der Waals surface area (Å²) in [5.74, 6) is 0.280. The number of morpholine rings is 1. The van der Waals surface area contributed by atoms with Crippen molar-refractivity contribution in [1.29, 1.82) is 0 Å². The molecule has 5 nitrogen and oxygen atoms in total. The lowest BCUT2D eigenvalue weighted by atomic mass is 9.99. The van der Waals surface area contributed by atoms with Crippen molar-refractivity contribution in [3.63, 3.8) is 0 Å². The highest BCUT2D eigenvalue weighted by Gasteiger charge is 2.36. The van der Waals surface area contributed by atoms with Crippen LogP contribution in [0.4, 0.5) is 4.39 Å². The van der Waals surface area contributed by atoms with Crippen molar-refractivity contribution in [3.05, 3.63) is 42.0 Å². The summed E-state index contributed by atoms with van der Waals surface area (Å²) in [6, 6.07) is 6.62. The third-order valence-electron chi connectivity index (χ3n) is 4.91. The van der Waals surface area contributed by atoms with E-state index in [4.69, 9.17) is 9.15 Å². The number of fused-ring (bicyclic) bond motifs is 1. The molecule has 0 amide bonds. The molecular weight excluding hydrogens is 309 g/mol. The Kier molecular flexibility index (Phi) is 4.35. The van der Waals surface area contributed by atoms with Crippen molar-refractivity contribution >= 4 is 0 Å². The number of halogens is 1. The molecule has 3 heterocycles. The van der Waals surface area contributed by atoms with Gasteiger partial charge in [0.25, 0.3) is 0 Å². The molecule has 0 radical (unpaired) electrons. The molecule has 1 aromatic carbocycles. The van der Waals surface area contributed by atoms with Crippen LogP contribution in [0, 0.1) is 5.82 Å². The van der Waals surface area contributed by atoms with Gasteiger partial charge in [-0.15, -0.1) is 0 Å². The summed E-state index contributed by atoms with van der Waals surface area (Å²) in [5, 5.41) is 0. The Labute approximate surface area is 141 Å². The van der Waals surface area contributed by atoms with E-state index in [1.165, 1.54) is 12.1 Å². The summed E-state index contributed by atoms with van der Waals surface area (Å²) in [5.41, 5.74) is 1.70. The van der Waals surface area contributed by atoms with Gasteiger partial charge in [0, 0.05) is 37.8 Å². The maximum Gasteiger partial charge on any atom is 0.226 e. The molecule has 0 aliphatic carbocycles. The second kappa shape index (κ2) is 6.63. The predicted octanol–water partition coefficient (Wildman–Crippen LogP) is 2.39. The van der Waals surface area contributed by atoms with Crippen LogP contribution in [0.1, 0.15) is 12.1 Å². The fraction of sp³-hybridized carbons (Fsp3) is 0.500. The van der Waals surface area contributed by atoms with E-state index in [9.17, 15) is 4.39 Å². The highest BCUT2D eigenvalue weighted by Crippen LogP contribution is 2.25. The van der Waals surface area contributed by atoms with Gasteiger partial charge in [0.05, 0.1) is 18.4 Å². The second-order valence-corrected chi connectivity index (χ2v) is 6.65. The van der Waals surface area contributed by atoms with Crippen LogP contribution >= 0.6 is 0 Å². The molecule has 2 saturated heterocycles. The molecular formula is C18H22FN3O2. The van der Waals surface area contributed by atoms with Crippen molar-refractivity contribution in [3.8, 4) is 11.5 Å². The largest absolute Gasteiger partial charge is 0.444 e. The average molecular weight is 331 g/mol. The van der Waals surface area contributed by atoms with Crippen LogP contribution in [0.5, 0.6) is 0 Å². The summed E-state index contributed by atoms with van der Waals surface area (Å²) >= 11 is 0. The van der Waals surface area contributed by atoms with Crippen molar-refractivity contribution in [2.75, 3.05) is 33.3 Å². The fourth-order valence-corrected chi connectivity index (χ4v) is 3.61. The van der Waals surface area contributed by atoms with Crippen LogP contribution in [0.2, 0.25) is 0 Å². The average Bonchev–Trinajstić information content (AvgIpc) is 3.05. The maximum atomic E-state index is 13.0. The van der Waals surface area contributed by atoms with E-state index < -0.39 is 0 Å². The Balaban J connectivity index is 1.48. The Morgan fingerprint density at radius 3 is 2.92 bits per heavy atom. The number of likely N-dealkylation sites (N-methyl/N-ethyl adjacent to an activating group) is 1. The molecule has 24 heavy (non-hydrogen) atoms. The van der Waals surface area contributed by atoms with E-state index >= 15 is 0 Å². The Hall–Kier alpha value is -1.76. The first-order chi connectivity index (χ1) is 11.7. The lowest BCUT2D eigenvalue weighted by molar-refractivity contribution is -0.103. The van der Waals surface area contributed by atoms with Gasteiger partial charge in [-0.1, -0.05) is 0 Å². The van der Waals surface area contributed by atoms with Gasteiger partial charge in [-0.05, 0) is 37.7 Å². The van der Waals surface area contributed by atoms with Crippen molar-refractivity contribution in [1.82, 2.24) is 14.8 Å². The molecule has 1 aromatic heterocycles. The first kappa shape index (κ1) is 15.7. The zero-order valence-corrected chi connectivity index (χ0v) is 13.8. The number of piperidine rings is 1. The van der Waals surface area contributed by atoms with Crippen LogP contribution in [-0.4, -0.2) is 60.2 Å². The number of oxazole rings is 1. The number of hydrogen-bond donors (Lipinski definition) is 0. The minimum absolute atomic E-state index is 0.258. The van der Waals surface area contributed by atoms with E-state index in [-0.39, 0.29) is 5.82 Å². The number of nitrogens with zero attached hydrogens (tertiary/aromatic N) is 3. The summed E-state index contributed by atoms with van der Waals surface area (Å²) in [7, 11) is 2.16. The minimum Gasteiger partial charge on any atom is -0.444 e. The molecule has 2 aromatic rings. The number of aromatic nitrogens is 1. The third-order valence-corrected chi connectivity index (χ3v) is 4.91. The van der Waals surface area contributed by atoms with E-state index in [2.05, 4.69) is 21.8 Å². The summed E-state index contributed by atoms with van der Waals surface area (Å²) in [4.78, 5) is 9.37. The highest BCUT2D eigenvalue weighted by atomic mass is 19.1. The standard InChI is InChI=1S/C18H22FN3O2/c1-21-7-6-17-16(11-21)22(8-9-23-17)10-15-12-24-18(20-15)13-2-4-14(19)5-3-13/h2-5,12,16-17H,6-11H2,1H3/t16-,17+/m1/s1. The van der Waals surface area contributed by atoms with E-state index in [0.717, 1.165) is 50.5 Å². The summed E-state index contributed by atoms with van der Waals surface area (Å²) in [6.07, 6.45) is 3.10. The summed E-state index contributed by atoms with van der Waals surface area (Å²) < 4.78 is 24.6. The van der Waals surface area contributed by atoms with Crippen LogP contribution in [0.25, 0.3) is 11.5 Å². The molecule has 2 aliphatic heterocycles. The van der Waals surface area contributed by atoms with Crippen molar-refractivity contribution in [2.24, 2.45) is 0 Å². The highest BCUT2D eigenvalue weighted by molar-refractivity contribution is 5.52. The molecule has 128 valence electrons. The van der Waals surface area contributed by atoms with Crippen molar-refractivity contribution in [2.45, 2.75) is 25.1 Å². The van der Waals surface area contributed by atoms with Gasteiger partial charge in [0.2, 0.25) is 5.89 Å². The van der Waals surface area contributed by atoms with Gasteiger partial charge in [-0.3, -0.25) is 4.90 Å². The van der Waals surface area contributed by atoms with Gasteiger partial charge in [-0.2, -0.15) is 0 Å². The third kappa shape index (κ3) is 3.22. The van der Waals surface area contributed by atoms with Gasteiger partial charge < -0.3 is 14.1 Å². The Morgan fingerprint density at radius 2 is 2.08 bits per heavy atom. The van der Waals surface area contributed by atoms with E-state index in [1.54, 1.807) is 18.4 Å². The fourth-order valence-electron chi connectivity index (χ4n) is 3.61. The zero-order chi connectivity index (χ0) is 16.5. The topological polar surface area (TPSA) is 41.7 Å². The first-order valence-corrected chi connectivity index (χ1v) is 8.43. The lowest BCUT2D eigenvalue weighted by Crippen LogP contribution is -2.58. The number of likely N-dealkylation sites (tertiary alicyclic amines) is 1. The van der Waals surface area contributed by atoms with Crippen LogP contribution in [0.3, 0.4) is 0 Å². The van der Waals surface area contributed by atoms with Crippen molar-refractivity contribution < 1.29 is 13.5 Å². The van der Waals surface area contributed by atoms with Crippen LogP contribution < -0.4 is 0 Å². The molecule has 0 spiro atoms. The molecule has 6 heteroatoms. The second-order valence-electron chi connectivity index (χ2n) is 6.65. The lowest BCUT2D eigenvalue weighted by Gasteiger charge is -2.46.